The molecule has 0 aromatic heterocycles. The maximum Gasteiger partial charge on any atom is 0.323 e. The van der Waals surface area contributed by atoms with Crippen molar-refractivity contribution in [3.05, 3.63) is 47.0 Å². The first-order chi connectivity index (χ1) is 13.0. The molecular formula is C20H20ClN3O3. The topological polar surface area (TPSA) is 70.7 Å². The van der Waals surface area contributed by atoms with Gasteiger partial charge >= 0.3 is 6.03 Å². The molecule has 6 nitrogen and oxygen atoms in total. The van der Waals surface area contributed by atoms with Crippen LogP contribution in [0.3, 0.4) is 0 Å². The van der Waals surface area contributed by atoms with Crippen LogP contribution >= 0.6 is 11.6 Å². The van der Waals surface area contributed by atoms with E-state index in [4.69, 9.17) is 16.3 Å². The molecule has 1 aliphatic carbocycles. The summed E-state index contributed by atoms with van der Waals surface area (Å²) < 4.78 is 5.24. The molecule has 27 heavy (non-hydrogen) atoms. The predicted molar refractivity (Wildman–Crippen MR) is 106 cm³/mol. The molecule has 1 heterocycles. The van der Waals surface area contributed by atoms with Gasteiger partial charge in [-0.1, -0.05) is 17.7 Å². The lowest BCUT2D eigenvalue weighted by Crippen LogP contribution is -2.30. The van der Waals surface area contributed by atoms with Crippen LogP contribution in [0.25, 0.3) is 0 Å². The number of methoxy groups -OCH3 is 1. The van der Waals surface area contributed by atoms with Gasteiger partial charge in [0.15, 0.2) is 0 Å². The molecule has 2 aromatic rings. The van der Waals surface area contributed by atoms with Gasteiger partial charge in [-0.15, -0.1) is 0 Å². The standard InChI is InChI=1S/C20H20ClN3O3/c1-27-18-7-5-14(21)10-16(18)23-20(26)22-15-6-4-12-8-9-24(17(12)11-15)19(25)13-2-3-13/h4-7,10-11,13H,2-3,8-9H2,1H3,(H2,22,23,26). The van der Waals surface area contributed by atoms with Crippen LogP contribution in [-0.2, 0) is 11.2 Å². The summed E-state index contributed by atoms with van der Waals surface area (Å²) in [5.74, 6) is 0.884. The molecule has 0 saturated heterocycles. The number of halogens is 1. The lowest BCUT2D eigenvalue weighted by atomic mass is 10.1. The number of fused-ring (bicyclic) bond motifs is 1. The number of rotatable bonds is 4. The highest BCUT2D eigenvalue weighted by molar-refractivity contribution is 6.31. The number of carbonyl (C=O) groups excluding carboxylic acids is 2. The summed E-state index contributed by atoms with van der Waals surface area (Å²) in [4.78, 5) is 26.7. The van der Waals surface area contributed by atoms with E-state index < -0.39 is 6.03 Å². The zero-order valence-electron chi connectivity index (χ0n) is 14.9. The van der Waals surface area contributed by atoms with E-state index in [1.807, 2.05) is 23.1 Å². The second-order valence-corrected chi connectivity index (χ2v) is 7.22. The fraction of sp³-hybridized carbons (Fsp3) is 0.300. The molecular weight excluding hydrogens is 366 g/mol. The third-order valence-electron chi connectivity index (χ3n) is 4.84. The number of benzene rings is 2. The summed E-state index contributed by atoms with van der Waals surface area (Å²) in [7, 11) is 1.53. The van der Waals surface area contributed by atoms with Crippen LogP contribution in [0.15, 0.2) is 36.4 Å². The second-order valence-electron chi connectivity index (χ2n) is 6.78. The Morgan fingerprint density at radius 2 is 1.96 bits per heavy atom. The molecule has 1 fully saturated rings. The molecule has 3 amide bonds. The average Bonchev–Trinajstić information content (AvgIpc) is 3.41. The van der Waals surface area contributed by atoms with Crippen molar-refractivity contribution >= 4 is 40.6 Å². The maximum absolute atomic E-state index is 12.4. The molecule has 2 aliphatic rings. The van der Waals surface area contributed by atoms with E-state index in [1.165, 1.54) is 7.11 Å². The number of amides is 3. The Labute approximate surface area is 162 Å². The highest BCUT2D eigenvalue weighted by Crippen LogP contribution is 2.37. The van der Waals surface area contributed by atoms with Gasteiger partial charge in [0, 0.05) is 28.9 Å². The molecule has 0 atom stereocenters. The van der Waals surface area contributed by atoms with Gasteiger partial charge < -0.3 is 20.3 Å². The first kappa shape index (κ1) is 17.7. The van der Waals surface area contributed by atoms with Gasteiger partial charge in [0.2, 0.25) is 5.91 Å². The van der Waals surface area contributed by atoms with Crippen LogP contribution in [0, 0.1) is 5.92 Å². The van der Waals surface area contributed by atoms with Gasteiger partial charge in [-0.3, -0.25) is 4.79 Å². The second kappa shape index (κ2) is 7.12. The minimum atomic E-state index is -0.409. The summed E-state index contributed by atoms with van der Waals surface area (Å²) >= 11 is 5.99. The zero-order valence-corrected chi connectivity index (χ0v) is 15.7. The molecule has 0 spiro atoms. The molecule has 7 heteroatoms. The van der Waals surface area contributed by atoms with Gasteiger partial charge in [0.25, 0.3) is 0 Å². The SMILES string of the molecule is COc1ccc(Cl)cc1NC(=O)Nc1ccc2c(c1)N(C(=O)C1CC1)CC2. The van der Waals surface area contributed by atoms with Gasteiger partial charge in [0.05, 0.1) is 12.8 Å². The van der Waals surface area contributed by atoms with Gasteiger partial charge in [-0.05, 0) is 55.2 Å². The van der Waals surface area contributed by atoms with Gasteiger partial charge in [-0.25, -0.2) is 4.79 Å². The molecule has 140 valence electrons. The van der Waals surface area contributed by atoms with Crippen molar-refractivity contribution in [1.82, 2.24) is 0 Å². The Morgan fingerprint density at radius 1 is 1.15 bits per heavy atom. The van der Waals surface area contributed by atoms with E-state index in [2.05, 4.69) is 10.6 Å². The van der Waals surface area contributed by atoms with Crippen LogP contribution in [-0.4, -0.2) is 25.6 Å². The lowest BCUT2D eigenvalue weighted by molar-refractivity contribution is -0.119. The summed E-state index contributed by atoms with van der Waals surface area (Å²) in [6, 6.07) is 10.3. The zero-order chi connectivity index (χ0) is 19.0. The number of carbonyl (C=O) groups is 2. The first-order valence-electron chi connectivity index (χ1n) is 8.91. The predicted octanol–water partition coefficient (Wildman–Crippen LogP) is 4.29. The Kier molecular flexibility index (Phi) is 4.66. The fourth-order valence-electron chi connectivity index (χ4n) is 3.30. The van der Waals surface area contributed by atoms with Crippen molar-refractivity contribution in [3.8, 4) is 5.75 Å². The number of hydrogen-bond donors (Lipinski definition) is 2. The number of hydrogen-bond acceptors (Lipinski definition) is 3. The van der Waals surface area contributed by atoms with Crippen LogP contribution in [0.4, 0.5) is 21.9 Å². The Hall–Kier alpha value is -2.73. The molecule has 4 rings (SSSR count). The minimum Gasteiger partial charge on any atom is -0.495 e. The molecule has 0 bridgehead atoms. The minimum absolute atomic E-state index is 0.172. The van der Waals surface area contributed by atoms with Crippen molar-refractivity contribution in [1.29, 1.82) is 0 Å². The van der Waals surface area contributed by atoms with Crippen molar-refractivity contribution < 1.29 is 14.3 Å². The summed E-state index contributed by atoms with van der Waals surface area (Å²) in [6.45, 7) is 0.708. The van der Waals surface area contributed by atoms with Crippen LogP contribution in [0.2, 0.25) is 5.02 Å². The molecule has 0 radical (unpaired) electrons. The highest BCUT2D eigenvalue weighted by atomic mass is 35.5. The number of anilines is 3. The number of ether oxygens (including phenoxy) is 1. The van der Waals surface area contributed by atoms with Crippen molar-refractivity contribution in [3.63, 3.8) is 0 Å². The molecule has 1 saturated carbocycles. The summed E-state index contributed by atoms with van der Waals surface area (Å²) in [5.41, 5.74) is 3.13. The fourth-order valence-corrected chi connectivity index (χ4v) is 3.47. The van der Waals surface area contributed by atoms with E-state index in [0.29, 0.717) is 28.7 Å². The summed E-state index contributed by atoms with van der Waals surface area (Å²) in [6.07, 6.45) is 2.80. The number of nitrogens with zero attached hydrogens (tertiary/aromatic N) is 1. The van der Waals surface area contributed by atoms with E-state index in [1.54, 1.807) is 18.2 Å². The smallest absolute Gasteiger partial charge is 0.323 e. The van der Waals surface area contributed by atoms with Crippen LogP contribution < -0.4 is 20.3 Å². The molecule has 2 N–H and O–H groups in total. The van der Waals surface area contributed by atoms with E-state index in [9.17, 15) is 9.59 Å². The Morgan fingerprint density at radius 3 is 2.70 bits per heavy atom. The normalized spacial score (nSPS) is 15.3. The summed E-state index contributed by atoms with van der Waals surface area (Å²) in [5, 5.41) is 6.05. The van der Waals surface area contributed by atoms with Gasteiger partial charge in [-0.2, -0.15) is 0 Å². The maximum atomic E-state index is 12.4. The third kappa shape index (κ3) is 3.71. The van der Waals surface area contributed by atoms with E-state index >= 15 is 0 Å². The van der Waals surface area contributed by atoms with Crippen molar-refractivity contribution in [2.24, 2.45) is 5.92 Å². The van der Waals surface area contributed by atoms with Crippen LogP contribution in [0.5, 0.6) is 5.75 Å². The molecule has 1 aliphatic heterocycles. The largest absolute Gasteiger partial charge is 0.495 e. The quantitative estimate of drug-likeness (QED) is 0.824. The van der Waals surface area contributed by atoms with Crippen LogP contribution in [0.1, 0.15) is 18.4 Å². The Balaban J connectivity index is 1.49. The average molecular weight is 386 g/mol. The van der Waals surface area contributed by atoms with Crippen molar-refractivity contribution in [2.75, 3.05) is 29.2 Å². The van der Waals surface area contributed by atoms with Gasteiger partial charge in [0.1, 0.15) is 5.75 Å². The number of nitrogens with one attached hydrogen (secondary N) is 2. The first-order valence-corrected chi connectivity index (χ1v) is 9.29. The van der Waals surface area contributed by atoms with E-state index in [0.717, 1.165) is 30.5 Å². The monoisotopic (exact) mass is 385 g/mol. The highest BCUT2D eigenvalue weighted by Gasteiger charge is 2.36. The lowest BCUT2D eigenvalue weighted by Gasteiger charge is -2.18. The molecule has 0 unspecified atom stereocenters. The number of urea groups is 1. The Bertz CT molecular complexity index is 911. The molecule has 2 aromatic carbocycles. The third-order valence-corrected chi connectivity index (χ3v) is 5.08. The van der Waals surface area contributed by atoms with Crippen molar-refractivity contribution in [2.45, 2.75) is 19.3 Å². The van der Waals surface area contributed by atoms with E-state index in [-0.39, 0.29) is 11.8 Å².